The Balaban J connectivity index is 1.47. The minimum Gasteiger partial charge on any atom is -0.481 e. The van der Waals surface area contributed by atoms with Gasteiger partial charge in [-0.15, -0.1) is 0 Å². The summed E-state index contributed by atoms with van der Waals surface area (Å²) in [6.45, 7) is 9.97. The van der Waals surface area contributed by atoms with Crippen molar-refractivity contribution in [3.8, 4) is 5.06 Å². The molecule has 0 atom stereocenters. The number of halogens is 1. The second-order valence-electron chi connectivity index (χ2n) is 5.83. The van der Waals surface area contributed by atoms with E-state index >= 15 is 0 Å². The molecule has 124 valence electrons. The zero-order valence-corrected chi connectivity index (χ0v) is 15.2. The lowest BCUT2D eigenvalue weighted by molar-refractivity contribution is 0.202. The topological polar surface area (TPSA) is 28.6 Å². The Labute approximate surface area is 146 Å². The van der Waals surface area contributed by atoms with E-state index in [4.69, 9.17) is 16.3 Å². The number of hydrogen-bond acceptors (Lipinski definition) is 5. The summed E-state index contributed by atoms with van der Waals surface area (Å²) in [6, 6.07) is 6.12. The summed E-state index contributed by atoms with van der Waals surface area (Å²) in [6.07, 6.45) is 0. The maximum Gasteiger partial charge on any atom is 0.196 e. The molecule has 0 aliphatic carbocycles. The number of anilines is 1. The number of hydrogen-bond donors (Lipinski definition) is 0. The van der Waals surface area contributed by atoms with Crippen LogP contribution in [-0.2, 0) is 0 Å². The van der Waals surface area contributed by atoms with Crippen molar-refractivity contribution in [3.63, 3.8) is 0 Å². The Bertz CT molecular complexity index is 653. The summed E-state index contributed by atoms with van der Waals surface area (Å²) in [7, 11) is 0. The Morgan fingerprint density at radius 3 is 2.70 bits per heavy atom. The van der Waals surface area contributed by atoms with E-state index in [0.717, 1.165) is 55.1 Å². The van der Waals surface area contributed by atoms with E-state index in [1.165, 1.54) is 11.3 Å². The van der Waals surface area contributed by atoms with E-state index in [1.54, 1.807) is 11.3 Å². The van der Waals surface area contributed by atoms with Crippen molar-refractivity contribution in [2.24, 2.45) is 0 Å². The fraction of sp³-hybridized carbons (Fsp3) is 0.471. The van der Waals surface area contributed by atoms with Crippen LogP contribution in [0.15, 0.2) is 23.7 Å². The van der Waals surface area contributed by atoms with Crippen molar-refractivity contribution in [2.75, 3.05) is 44.2 Å². The fourth-order valence-corrected chi connectivity index (χ4v) is 3.68. The van der Waals surface area contributed by atoms with Gasteiger partial charge in [-0.1, -0.05) is 29.0 Å². The van der Waals surface area contributed by atoms with Crippen LogP contribution in [0.4, 0.5) is 5.69 Å². The van der Waals surface area contributed by atoms with E-state index in [0.29, 0.717) is 0 Å². The number of aryl methyl sites for hydroxylation is 2. The summed E-state index contributed by atoms with van der Waals surface area (Å²) < 4.78 is 5.81. The van der Waals surface area contributed by atoms with Crippen molar-refractivity contribution in [3.05, 3.63) is 40.0 Å². The molecule has 0 amide bonds. The Kier molecular flexibility index (Phi) is 5.41. The van der Waals surface area contributed by atoms with Crippen LogP contribution in [0.2, 0.25) is 5.02 Å². The first-order valence-corrected chi connectivity index (χ1v) is 9.15. The molecule has 0 saturated carbocycles. The Morgan fingerprint density at radius 2 is 2.00 bits per heavy atom. The van der Waals surface area contributed by atoms with Gasteiger partial charge in [0.15, 0.2) is 5.06 Å². The van der Waals surface area contributed by atoms with Gasteiger partial charge in [-0.05, 0) is 31.5 Å². The Hall–Kier alpha value is -1.30. The summed E-state index contributed by atoms with van der Waals surface area (Å²) in [4.78, 5) is 9.08. The maximum atomic E-state index is 6.14. The molecule has 2 aromatic rings. The number of piperazine rings is 1. The summed E-state index contributed by atoms with van der Waals surface area (Å²) in [5.74, 6) is 0. The molecule has 0 spiro atoms. The van der Waals surface area contributed by atoms with Crippen molar-refractivity contribution < 1.29 is 4.74 Å². The molecule has 3 rings (SSSR count). The number of benzene rings is 1. The van der Waals surface area contributed by atoms with Crippen LogP contribution in [0.3, 0.4) is 0 Å². The highest BCUT2D eigenvalue weighted by atomic mass is 35.5. The summed E-state index contributed by atoms with van der Waals surface area (Å²) >= 11 is 7.70. The van der Waals surface area contributed by atoms with Crippen LogP contribution >= 0.6 is 22.9 Å². The van der Waals surface area contributed by atoms with Crippen LogP contribution in [0, 0.1) is 13.8 Å². The highest BCUT2D eigenvalue weighted by molar-refractivity contribution is 7.11. The molecule has 1 saturated heterocycles. The van der Waals surface area contributed by atoms with Crippen LogP contribution in [-0.4, -0.2) is 49.2 Å². The molecule has 4 nitrogen and oxygen atoms in total. The van der Waals surface area contributed by atoms with Crippen LogP contribution in [0.25, 0.3) is 0 Å². The third-order valence-electron chi connectivity index (χ3n) is 4.23. The first-order chi connectivity index (χ1) is 11.1. The molecule has 1 aliphatic heterocycles. The second kappa shape index (κ2) is 7.51. The molecule has 1 fully saturated rings. The quantitative estimate of drug-likeness (QED) is 0.822. The van der Waals surface area contributed by atoms with Crippen molar-refractivity contribution in [1.82, 2.24) is 9.88 Å². The predicted octanol–water partition coefficient (Wildman–Crippen LogP) is 3.61. The van der Waals surface area contributed by atoms with E-state index in [1.807, 2.05) is 18.5 Å². The van der Waals surface area contributed by atoms with Gasteiger partial charge < -0.3 is 9.64 Å². The third kappa shape index (κ3) is 4.16. The molecule has 0 bridgehead atoms. The summed E-state index contributed by atoms with van der Waals surface area (Å²) in [5.41, 5.74) is 5.35. The smallest absolute Gasteiger partial charge is 0.196 e. The van der Waals surface area contributed by atoms with Gasteiger partial charge in [0, 0.05) is 43.4 Å². The molecule has 1 aliphatic rings. The molecular weight excluding hydrogens is 330 g/mol. The predicted molar refractivity (Wildman–Crippen MR) is 97.2 cm³/mol. The van der Waals surface area contributed by atoms with Gasteiger partial charge >= 0.3 is 0 Å². The van der Waals surface area contributed by atoms with Gasteiger partial charge in [0.2, 0.25) is 0 Å². The van der Waals surface area contributed by atoms with Gasteiger partial charge in [0.05, 0.1) is 11.2 Å². The van der Waals surface area contributed by atoms with Crippen LogP contribution in [0.5, 0.6) is 5.06 Å². The molecule has 1 aromatic carbocycles. The first kappa shape index (κ1) is 16.6. The maximum absolute atomic E-state index is 6.14. The molecule has 6 heteroatoms. The Morgan fingerprint density at radius 1 is 1.22 bits per heavy atom. The van der Waals surface area contributed by atoms with E-state index in [-0.39, 0.29) is 0 Å². The number of aromatic nitrogens is 1. The molecule has 0 N–H and O–H groups in total. The first-order valence-electron chi connectivity index (χ1n) is 7.90. The standard InChI is InChI=1S/C17H22ClN3OS/c1-13-3-4-15(18)11-16(13)21-7-5-20(6-8-21)9-10-22-17-14(2)19-12-23-17/h3-4,11-12H,5-10H2,1-2H3. The highest BCUT2D eigenvalue weighted by Gasteiger charge is 2.18. The van der Waals surface area contributed by atoms with Gasteiger partial charge in [-0.2, -0.15) is 0 Å². The second-order valence-corrected chi connectivity index (χ2v) is 7.09. The van der Waals surface area contributed by atoms with Gasteiger partial charge in [-0.3, -0.25) is 4.90 Å². The number of rotatable bonds is 5. The zero-order chi connectivity index (χ0) is 16.2. The van der Waals surface area contributed by atoms with Gasteiger partial charge in [0.25, 0.3) is 0 Å². The number of ether oxygens (including phenoxy) is 1. The third-order valence-corrected chi connectivity index (χ3v) is 5.30. The molecular formula is C17H22ClN3OS. The molecule has 0 radical (unpaired) electrons. The SMILES string of the molecule is Cc1ccc(Cl)cc1N1CCN(CCOc2scnc2C)CC1. The van der Waals surface area contributed by atoms with Crippen LogP contribution in [0.1, 0.15) is 11.3 Å². The lowest BCUT2D eigenvalue weighted by Gasteiger charge is -2.36. The van der Waals surface area contributed by atoms with E-state index in [9.17, 15) is 0 Å². The monoisotopic (exact) mass is 351 g/mol. The lowest BCUT2D eigenvalue weighted by atomic mass is 10.1. The van der Waals surface area contributed by atoms with E-state index < -0.39 is 0 Å². The zero-order valence-electron chi connectivity index (χ0n) is 13.6. The van der Waals surface area contributed by atoms with Crippen molar-refractivity contribution >= 4 is 28.6 Å². The molecule has 23 heavy (non-hydrogen) atoms. The summed E-state index contributed by atoms with van der Waals surface area (Å²) in [5, 5.41) is 1.75. The number of nitrogens with zero attached hydrogens (tertiary/aromatic N) is 3. The minimum atomic E-state index is 0.721. The van der Waals surface area contributed by atoms with Gasteiger partial charge in [-0.25, -0.2) is 4.98 Å². The lowest BCUT2D eigenvalue weighted by Crippen LogP contribution is -2.47. The average Bonchev–Trinajstić information content (AvgIpc) is 2.96. The highest BCUT2D eigenvalue weighted by Crippen LogP contribution is 2.25. The van der Waals surface area contributed by atoms with Gasteiger partial charge in [0.1, 0.15) is 6.61 Å². The molecule has 1 aromatic heterocycles. The molecule has 2 heterocycles. The normalized spacial score (nSPS) is 15.9. The molecule has 0 unspecified atom stereocenters. The van der Waals surface area contributed by atoms with Crippen molar-refractivity contribution in [2.45, 2.75) is 13.8 Å². The van der Waals surface area contributed by atoms with E-state index in [2.05, 4.69) is 33.8 Å². The average molecular weight is 352 g/mol. The van der Waals surface area contributed by atoms with Crippen LogP contribution < -0.4 is 9.64 Å². The number of thiazole rings is 1. The minimum absolute atomic E-state index is 0.721. The fourth-order valence-electron chi connectivity index (χ4n) is 2.83. The van der Waals surface area contributed by atoms with Crippen molar-refractivity contribution in [1.29, 1.82) is 0 Å². The largest absolute Gasteiger partial charge is 0.481 e.